The van der Waals surface area contributed by atoms with Gasteiger partial charge in [-0.15, -0.1) is 11.3 Å². The topological polar surface area (TPSA) is 97.9 Å². The quantitative estimate of drug-likeness (QED) is 0.137. The fourth-order valence-corrected chi connectivity index (χ4v) is 6.25. The molecule has 0 saturated heterocycles. The molecule has 5 rings (SSSR count). The second-order valence-corrected chi connectivity index (χ2v) is 10.4. The molecule has 0 saturated carbocycles. The number of thiophene rings is 2. The first-order chi connectivity index (χ1) is 16.4. The van der Waals surface area contributed by atoms with Crippen molar-refractivity contribution in [3.63, 3.8) is 0 Å². The van der Waals surface area contributed by atoms with Crippen molar-refractivity contribution in [3.8, 4) is 5.75 Å². The van der Waals surface area contributed by atoms with Crippen LogP contribution >= 0.6 is 45.6 Å². The second kappa shape index (κ2) is 9.11. The van der Waals surface area contributed by atoms with E-state index in [-0.39, 0.29) is 5.00 Å². The molecular formula is C22H13ClN4O4S3. The Morgan fingerprint density at radius 1 is 1.15 bits per heavy atom. The molecule has 0 spiro atoms. The Bertz CT molecular complexity index is 1590. The Balaban J connectivity index is 1.59. The van der Waals surface area contributed by atoms with Crippen molar-refractivity contribution < 1.29 is 14.5 Å². The Hall–Kier alpha value is -3.38. The number of benzene rings is 2. The zero-order valence-electron chi connectivity index (χ0n) is 17.3. The Kier molecular flexibility index (Phi) is 6.00. The van der Waals surface area contributed by atoms with Crippen molar-refractivity contribution in [2.45, 2.75) is 0 Å². The maximum atomic E-state index is 13.6. The standard InChI is InChI=1S/C22H13ClN4O4S3/c1-31-12-6-8-15-17(10-12)34-22(25-15)26(24-11-13-7-9-18(32-13)27(29)30)21(28)20-19(23)14-4-2-3-5-16(14)33-20/h2-11H,1H3/b24-11+. The lowest BCUT2D eigenvalue weighted by molar-refractivity contribution is -0.380. The van der Waals surface area contributed by atoms with E-state index in [2.05, 4.69) is 10.1 Å². The highest BCUT2D eigenvalue weighted by Crippen LogP contribution is 2.38. The highest BCUT2D eigenvalue weighted by Gasteiger charge is 2.26. The monoisotopic (exact) mass is 528 g/mol. The highest BCUT2D eigenvalue weighted by molar-refractivity contribution is 7.23. The van der Waals surface area contributed by atoms with Crippen LogP contribution in [-0.4, -0.2) is 29.1 Å². The predicted octanol–water partition coefficient (Wildman–Crippen LogP) is 6.82. The van der Waals surface area contributed by atoms with E-state index in [0.717, 1.165) is 26.1 Å². The number of nitro groups is 1. The summed E-state index contributed by atoms with van der Waals surface area (Å²) in [5.41, 5.74) is 0.683. The number of hydrogen-bond donors (Lipinski definition) is 0. The first kappa shape index (κ1) is 22.4. The average molecular weight is 529 g/mol. The molecule has 12 heteroatoms. The van der Waals surface area contributed by atoms with Gasteiger partial charge in [0, 0.05) is 16.2 Å². The summed E-state index contributed by atoms with van der Waals surface area (Å²) in [5.74, 6) is 0.224. The number of ether oxygens (including phenoxy) is 1. The lowest BCUT2D eigenvalue weighted by atomic mass is 10.2. The third kappa shape index (κ3) is 4.14. The summed E-state index contributed by atoms with van der Waals surface area (Å²) in [6, 6.07) is 15.9. The number of fused-ring (bicyclic) bond motifs is 2. The average Bonchev–Trinajstić information content (AvgIpc) is 3.56. The molecule has 0 bridgehead atoms. The van der Waals surface area contributed by atoms with Gasteiger partial charge in [0.25, 0.3) is 5.91 Å². The fraction of sp³-hybridized carbons (Fsp3) is 0.0455. The smallest absolute Gasteiger partial charge is 0.324 e. The largest absolute Gasteiger partial charge is 0.497 e. The van der Waals surface area contributed by atoms with E-state index in [1.165, 1.54) is 40.0 Å². The van der Waals surface area contributed by atoms with Crippen molar-refractivity contribution in [1.29, 1.82) is 0 Å². The predicted molar refractivity (Wildman–Crippen MR) is 138 cm³/mol. The summed E-state index contributed by atoms with van der Waals surface area (Å²) in [6.07, 6.45) is 1.41. The third-order valence-corrected chi connectivity index (χ3v) is 8.41. The van der Waals surface area contributed by atoms with Crippen LogP contribution in [0.5, 0.6) is 5.75 Å². The van der Waals surface area contributed by atoms with Gasteiger partial charge in [-0.2, -0.15) is 10.1 Å². The Labute approximate surface area is 209 Å². The van der Waals surface area contributed by atoms with Gasteiger partial charge in [-0.1, -0.05) is 52.5 Å². The van der Waals surface area contributed by atoms with Crippen molar-refractivity contribution >= 4 is 88.2 Å². The molecule has 1 amide bonds. The molecular weight excluding hydrogens is 516 g/mol. The van der Waals surface area contributed by atoms with Crippen LogP contribution in [0.3, 0.4) is 0 Å². The van der Waals surface area contributed by atoms with Crippen LogP contribution in [0.4, 0.5) is 10.1 Å². The van der Waals surface area contributed by atoms with Gasteiger partial charge >= 0.3 is 5.00 Å². The van der Waals surface area contributed by atoms with Crippen LogP contribution in [0.1, 0.15) is 14.5 Å². The van der Waals surface area contributed by atoms with E-state index in [4.69, 9.17) is 16.3 Å². The number of carbonyl (C=O) groups excluding carboxylic acids is 1. The van der Waals surface area contributed by atoms with E-state index in [0.29, 0.717) is 31.2 Å². The highest BCUT2D eigenvalue weighted by atomic mass is 35.5. The van der Waals surface area contributed by atoms with E-state index >= 15 is 0 Å². The third-order valence-electron chi connectivity index (χ3n) is 4.78. The Morgan fingerprint density at radius 2 is 1.97 bits per heavy atom. The van der Waals surface area contributed by atoms with Gasteiger partial charge in [0.05, 0.1) is 38.4 Å². The van der Waals surface area contributed by atoms with Crippen molar-refractivity contribution in [3.05, 3.63) is 79.5 Å². The second-order valence-electron chi connectivity index (χ2n) is 6.87. The SMILES string of the molecule is COc1ccc2nc(N(/N=C/c3ccc([N+](=O)[O-])s3)C(=O)c3sc4ccccc4c3Cl)sc2c1. The Morgan fingerprint density at radius 3 is 2.71 bits per heavy atom. The van der Waals surface area contributed by atoms with Crippen LogP contribution < -0.4 is 9.75 Å². The number of methoxy groups -OCH3 is 1. The maximum Gasteiger partial charge on any atom is 0.324 e. The fourth-order valence-electron chi connectivity index (χ4n) is 3.17. The molecule has 0 atom stereocenters. The molecule has 34 heavy (non-hydrogen) atoms. The van der Waals surface area contributed by atoms with Gasteiger partial charge in [-0.05, 0) is 30.3 Å². The molecule has 170 valence electrons. The number of hydrogen-bond acceptors (Lipinski definition) is 9. The van der Waals surface area contributed by atoms with Gasteiger partial charge in [-0.3, -0.25) is 14.9 Å². The molecule has 3 heterocycles. The lowest BCUT2D eigenvalue weighted by Gasteiger charge is -2.12. The number of amides is 1. The van der Waals surface area contributed by atoms with Crippen LogP contribution in [0.25, 0.3) is 20.3 Å². The number of carbonyl (C=O) groups is 1. The van der Waals surface area contributed by atoms with Gasteiger partial charge in [0.1, 0.15) is 10.6 Å². The van der Waals surface area contributed by atoms with Crippen molar-refractivity contribution in [2.24, 2.45) is 5.10 Å². The molecule has 5 aromatic rings. The minimum absolute atomic E-state index is 0.0149. The molecule has 8 nitrogen and oxygen atoms in total. The summed E-state index contributed by atoms with van der Waals surface area (Å²) in [7, 11) is 1.58. The molecule has 0 N–H and O–H groups in total. The minimum Gasteiger partial charge on any atom is -0.497 e. The van der Waals surface area contributed by atoms with Crippen LogP contribution in [0, 0.1) is 10.1 Å². The first-order valence-corrected chi connectivity index (χ1v) is 12.5. The number of aromatic nitrogens is 1. The maximum absolute atomic E-state index is 13.6. The zero-order valence-corrected chi connectivity index (χ0v) is 20.5. The van der Waals surface area contributed by atoms with E-state index in [9.17, 15) is 14.9 Å². The molecule has 2 aromatic carbocycles. The number of thiazole rings is 1. The number of halogens is 1. The first-order valence-electron chi connectivity index (χ1n) is 9.69. The van der Waals surface area contributed by atoms with E-state index in [1.54, 1.807) is 25.3 Å². The summed E-state index contributed by atoms with van der Waals surface area (Å²) in [6.45, 7) is 0. The van der Waals surface area contributed by atoms with Gasteiger partial charge in [0.15, 0.2) is 0 Å². The van der Waals surface area contributed by atoms with E-state index in [1.807, 2.05) is 30.3 Å². The van der Waals surface area contributed by atoms with Crippen molar-refractivity contribution in [1.82, 2.24) is 4.98 Å². The summed E-state index contributed by atoms with van der Waals surface area (Å²) in [4.78, 5) is 29.6. The van der Waals surface area contributed by atoms with Crippen LogP contribution in [0.15, 0.2) is 59.7 Å². The number of nitrogens with zero attached hydrogens (tertiary/aromatic N) is 4. The normalized spacial score (nSPS) is 11.5. The molecule has 0 aliphatic heterocycles. The number of rotatable bonds is 6. The number of hydrazone groups is 1. The summed E-state index contributed by atoms with van der Waals surface area (Å²) in [5, 5.41) is 18.0. The van der Waals surface area contributed by atoms with E-state index < -0.39 is 10.8 Å². The molecule has 0 aliphatic carbocycles. The molecule has 0 fully saturated rings. The van der Waals surface area contributed by atoms with Gasteiger partial charge in [-0.25, -0.2) is 4.98 Å². The lowest BCUT2D eigenvalue weighted by Crippen LogP contribution is -2.25. The van der Waals surface area contributed by atoms with Gasteiger partial charge < -0.3 is 4.74 Å². The molecule has 0 aliphatic rings. The summed E-state index contributed by atoms with van der Waals surface area (Å²) < 4.78 is 6.98. The van der Waals surface area contributed by atoms with Crippen LogP contribution in [-0.2, 0) is 0 Å². The molecule has 3 aromatic heterocycles. The summed E-state index contributed by atoms with van der Waals surface area (Å²) >= 11 is 10.1. The zero-order chi connectivity index (χ0) is 23.8. The van der Waals surface area contributed by atoms with Crippen molar-refractivity contribution in [2.75, 3.05) is 12.1 Å². The van der Waals surface area contributed by atoms with Crippen LogP contribution in [0.2, 0.25) is 5.02 Å². The van der Waals surface area contributed by atoms with Gasteiger partial charge in [0.2, 0.25) is 5.13 Å². The molecule has 0 radical (unpaired) electrons. The minimum atomic E-state index is -0.469. The number of anilines is 1. The molecule has 0 unspecified atom stereocenters.